The Labute approximate surface area is 116 Å². The Morgan fingerprint density at radius 1 is 1.14 bits per heavy atom. The number of benzene rings is 2. The van der Waals surface area contributed by atoms with Crippen LogP contribution in [0.15, 0.2) is 40.8 Å². The Balaban J connectivity index is 1.95. The van der Waals surface area contributed by atoms with Gasteiger partial charge in [0.2, 0.25) is 0 Å². The molecule has 0 aliphatic heterocycles. The Kier molecular flexibility index (Phi) is 3.02. The van der Waals surface area contributed by atoms with Crippen molar-refractivity contribution in [3.8, 4) is 11.8 Å². The van der Waals surface area contributed by atoms with Gasteiger partial charge in [-0.25, -0.2) is 13.6 Å². The molecule has 2 aromatic carbocycles. The lowest BCUT2D eigenvalue weighted by atomic mass is 10.2. The van der Waals surface area contributed by atoms with Crippen LogP contribution in [0.3, 0.4) is 0 Å². The lowest BCUT2D eigenvalue weighted by Crippen LogP contribution is -1.94. The smallest absolute Gasteiger partial charge is 0.400 e. The van der Waals surface area contributed by atoms with E-state index >= 15 is 0 Å². The maximum absolute atomic E-state index is 13.0. The molecule has 0 amide bonds. The van der Waals surface area contributed by atoms with Crippen LogP contribution in [0, 0.1) is 11.6 Å². The van der Waals surface area contributed by atoms with E-state index in [1.165, 1.54) is 18.2 Å². The molecule has 5 nitrogen and oxygen atoms in total. The van der Waals surface area contributed by atoms with E-state index in [0.717, 1.165) is 12.1 Å². The number of oxazole rings is 1. The van der Waals surface area contributed by atoms with Gasteiger partial charge >= 0.3 is 12.0 Å². The lowest BCUT2D eigenvalue weighted by Gasteiger charge is -2.00. The van der Waals surface area contributed by atoms with Crippen molar-refractivity contribution in [3.63, 3.8) is 0 Å². The first-order valence-electron chi connectivity index (χ1n) is 5.79. The van der Waals surface area contributed by atoms with Gasteiger partial charge in [0.25, 0.3) is 0 Å². The van der Waals surface area contributed by atoms with Crippen molar-refractivity contribution >= 4 is 17.1 Å². The Morgan fingerprint density at radius 3 is 2.52 bits per heavy atom. The number of aromatic nitrogens is 1. The van der Waals surface area contributed by atoms with E-state index < -0.39 is 17.6 Å². The third-order valence-electron chi connectivity index (χ3n) is 2.66. The molecule has 1 aromatic heterocycles. The highest BCUT2D eigenvalue weighted by atomic mass is 19.1. The number of carbonyl (C=O) groups is 1. The molecule has 0 atom stereocenters. The Bertz CT molecular complexity index is 824. The summed E-state index contributed by atoms with van der Waals surface area (Å²) >= 11 is 0. The zero-order chi connectivity index (χ0) is 15.0. The molecule has 106 valence electrons. The number of hydrogen-bond donors (Lipinski definition) is 1. The third kappa shape index (κ3) is 2.66. The van der Waals surface area contributed by atoms with Gasteiger partial charge in [-0.1, -0.05) is 0 Å². The van der Waals surface area contributed by atoms with Gasteiger partial charge < -0.3 is 14.3 Å². The van der Waals surface area contributed by atoms with E-state index in [2.05, 4.69) is 4.98 Å². The van der Waals surface area contributed by atoms with Gasteiger partial charge in [-0.3, -0.25) is 0 Å². The Morgan fingerprint density at radius 2 is 1.86 bits per heavy atom. The van der Waals surface area contributed by atoms with Gasteiger partial charge in [-0.2, -0.15) is 4.98 Å². The zero-order valence-electron chi connectivity index (χ0n) is 10.3. The minimum atomic E-state index is -1.11. The number of halogens is 2. The molecule has 0 radical (unpaired) electrons. The first kappa shape index (κ1) is 13.0. The second-order valence-corrected chi connectivity index (χ2v) is 4.17. The minimum Gasteiger partial charge on any atom is -0.478 e. The van der Waals surface area contributed by atoms with Crippen molar-refractivity contribution in [1.29, 1.82) is 0 Å². The monoisotopic (exact) mass is 291 g/mol. The molecular formula is C14H7F2NO4. The van der Waals surface area contributed by atoms with E-state index in [1.54, 1.807) is 0 Å². The first-order valence-corrected chi connectivity index (χ1v) is 5.79. The van der Waals surface area contributed by atoms with Crippen LogP contribution < -0.4 is 4.74 Å². The largest absolute Gasteiger partial charge is 0.478 e. The number of rotatable bonds is 3. The maximum atomic E-state index is 13.0. The molecule has 7 heteroatoms. The molecule has 1 heterocycles. The van der Waals surface area contributed by atoms with E-state index in [-0.39, 0.29) is 23.0 Å². The summed E-state index contributed by atoms with van der Waals surface area (Å²) < 4.78 is 36.4. The third-order valence-corrected chi connectivity index (χ3v) is 2.66. The van der Waals surface area contributed by atoms with Crippen molar-refractivity contribution in [2.24, 2.45) is 0 Å². The average Bonchev–Trinajstić information content (AvgIpc) is 2.78. The van der Waals surface area contributed by atoms with E-state index in [9.17, 15) is 13.6 Å². The molecule has 0 spiro atoms. The predicted molar refractivity (Wildman–Crippen MR) is 67.4 cm³/mol. The summed E-state index contributed by atoms with van der Waals surface area (Å²) in [6.07, 6.45) is -0.238. The molecular weight excluding hydrogens is 284 g/mol. The van der Waals surface area contributed by atoms with E-state index in [1.807, 2.05) is 0 Å². The van der Waals surface area contributed by atoms with Gasteiger partial charge in [0.15, 0.2) is 5.58 Å². The summed E-state index contributed by atoms with van der Waals surface area (Å²) in [7, 11) is 0. The van der Waals surface area contributed by atoms with Crippen molar-refractivity contribution < 1.29 is 27.8 Å². The van der Waals surface area contributed by atoms with Crippen LogP contribution in [0.2, 0.25) is 0 Å². The molecule has 0 bridgehead atoms. The highest BCUT2D eigenvalue weighted by Gasteiger charge is 2.12. The Hall–Kier alpha value is -2.96. The van der Waals surface area contributed by atoms with Crippen LogP contribution in [0.5, 0.6) is 11.8 Å². The molecule has 0 saturated heterocycles. The van der Waals surface area contributed by atoms with Crippen molar-refractivity contribution in [1.82, 2.24) is 4.98 Å². The molecule has 0 saturated carbocycles. The van der Waals surface area contributed by atoms with Gasteiger partial charge in [0.05, 0.1) is 5.56 Å². The first-order chi connectivity index (χ1) is 10.0. The molecule has 1 N–H and O–H groups in total. The van der Waals surface area contributed by atoms with Crippen LogP contribution >= 0.6 is 0 Å². The summed E-state index contributed by atoms with van der Waals surface area (Å²) in [5, 5.41) is 8.87. The number of hydrogen-bond acceptors (Lipinski definition) is 4. The highest BCUT2D eigenvalue weighted by Crippen LogP contribution is 2.27. The lowest BCUT2D eigenvalue weighted by molar-refractivity contribution is 0.0697. The number of ether oxygens (including phenoxy) is 1. The standard InChI is InChI=1S/C14H7F2NO4/c15-8-4-9(16)6-10(5-8)20-14-17-11-2-1-7(13(18)19)3-12(11)21-14/h1-6H,(H,18,19). The summed E-state index contributed by atoms with van der Waals surface area (Å²) in [6.45, 7) is 0. The minimum absolute atomic E-state index is 0.0296. The number of carboxylic acid groups (broad SMARTS) is 1. The van der Waals surface area contributed by atoms with Crippen molar-refractivity contribution in [3.05, 3.63) is 53.6 Å². The van der Waals surface area contributed by atoms with Gasteiger partial charge in [0.1, 0.15) is 22.9 Å². The summed E-state index contributed by atoms with van der Waals surface area (Å²) in [5.74, 6) is -2.82. The van der Waals surface area contributed by atoms with Crippen molar-refractivity contribution in [2.75, 3.05) is 0 Å². The van der Waals surface area contributed by atoms with Crippen LogP contribution in [-0.2, 0) is 0 Å². The van der Waals surface area contributed by atoms with Crippen LogP contribution in [0.4, 0.5) is 8.78 Å². The molecule has 0 aliphatic carbocycles. The number of aromatic carboxylic acids is 1. The van der Waals surface area contributed by atoms with Gasteiger partial charge in [-0.15, -0.1) is 0 Å². The van der Waals surface area contributed by atoms with Crippen LogP contribution in [-0.4, -0.2) is 16.1 Å². The molecule has 3 rings (SSSR count). The second-order valence-electron chi connectivity index (χ2n) is 4.17. The second kappa shape index (κ2) is 4.86. The molecule has 0 unspecified atom stereocenters. The summed E-state index contributed by atoms with van der Waals surface area (Å²) in [5.41, 5.74) is 0.593. The SMILES string of the molecule is O=C(O)c1ccc2nc(Oc3cc(F)cc(F)c3)oc2c1. The molecule has 3 aromatic rings. The number of fused-ring (bicyclic) bond motifs is 1. The van der Waals surface area contributed by atoms with E-state index in [0.29, 0.717) is 11.6 Å². The molecule has 21 heavy (non-hydrogen) atoms. The number of nitrogens with zero attached hydrogens (tertiary/aromatic N) is 1. The van der Waals surface area contributed by atoms with Gasteiger partial charge in [-0.05, 0) is 18.2 Å². The topological polar surface area (TPSA) is 72.6 Å². The van der Waals surface area contributed by atoms with Crippen LogP contribution in [0.25, 0.3) is 11.1 Å². The maximum Gasteiger partial charge on any atom is 0.400 e. The van der Waals surface area contributed by atoms with Crippen LogP contribution in [0.1, 0.15) is 10.4 Å². The molecule has 0 aliphatic rings. The number of carboxylic acids is 1. The van der Waals surface area contributed by atoms with E-state index in [4.69, 9.17) is 14.3 Å². The predicted octanol–water partition coefficient (Wildman–Crippen LogP) is 3.60. The highest BCUT2D eigenvalue weighted by molar-refractivity contribution is 5.91. The van der Waals surface area contributed by atoms with Crippen molar-refractivity contribution in [2.45, 2.75) is 0 Å². The zero-order valence-corrected chi connectivity index (χ0v) is 10.3. The fourth-order valence-corrected chi connectivity index (χ4v) is 1.77. The summed E-state index contributed by atoms with van der Waals surface area (Å²) in [4.78, 5) is 14.8. The normalized spacial score (nSPS) is 10.8. The average molecular weight is 291 g/mol. The summed E-state index contributed by atoms with van der Waals surface area (Å²) in [6, 6.07) is 6.74. The quantitative estimate of drug-likeness (QED) is 0.798. The van der Waals surface area contributed by atoms with Gasteiger partial charge in [0, 0.05) is 18.2 Å². The fraction of sp³-hybridized carbons (Fsp3) is 0. The fourth-order valence-electron chi connectivity index (χ4n) is 1.77. The molecule has 0 fully saturated rings.